The third kappa shape index (κ3) is 3.99. The van der Waals surface area contributed by atoms with Crippen LogP contribution >= 0.6 is 11.3 Å². The van der Waals surface area contributed by atoms with Crippen molar-refractivity contribution in [3.8, 4) is 5.88 Å². The summed E-state index contributed by atoms with van der Waals surface area (Å²) in [7, 11) is 1.57. The third-order valence-corrected chi connectivity index (χ3v) is 5.63. The molecule has 1 saturated carbocycles. The number of rotatable bonds is 6. The molecule has 0 radical (unpaired) electrons. The maximum Gasteiger partial charge on any atom is 0.271 e. The smallest absolute Gasteiger partial charge is 0.271 e. The van der Waals surface area contributed by atoms with Crippen molar-refractivity contribution >= 4 is 17.2 Å². The number of pyridine rings is 1. The van der Waals surface area contributed by atoms with E-state index in [1.165, 1.54) is 11.3 Å². The molecule has 6 nitrogen and oxygen atoms in total. The van der Waals surface area contributed by atoms with Gasteiger partial charge in [0.1, 0.15) is 5.69 Å². The summed E-state index contributed by atoms with van der Waals surface area (Å²) in [5, 5.41) is 15.5. The van der Waals surface area contributed by atoms with Crippen LogP contribution in [0.4, 0.5) is 0 Å². The van der Waals surface area contributed by atoms with Gasteiger partial charge in [-0.05, 0) is 24.3 Å². The SMILES string of the molecule is COc1ccc([C@@H](NC(=O)c2csc(C(C)C)n2)C2CC(O)C2)cn1. The molecule has 1 aliphatic carbocycles. The number of thiazole rings is 1. The van der Waals surface area contributed by atoms with Gasteiger partial charge in [0.05, 0.1) is 24.3 Å². The maximum absolute atomic E-state index is 12.6. The molecule has 2 heterocycles. The van der Waals surface area contributed by atoms with Gasteiger partial charge in [0, 0.05) is 23.6 Å². The first-order valence-corrected chi connectivity index (χ1v) is 9.30. The van der Waals surface area contributed by atoms with Gasteiger partial charge in [-0.3, -0.25) is 4.79 Å². The van der Waals surface area contributed by atoms with Gasteiger partial charge < -0.3 is 15.2 Å². The molecule has 0 aliphatic heterocycles. The van der Waals surface area contributed by atoms with Gasteiger partial charge >= 0.3 is 0 Å². The van der Waals surface area contributed by atoms with Crippen LogP contribution in [0, 0.1) is 5.92 Å². The molecular formula is C18H23N3O3S. The molecule has 0 unspecified atom stereocenters. The highest BCUT2D eigenvalue weighted by Gasteiger charge is 2.36. The summed E-state index contributed by atoms with van der Waals surface area (Å²) in [6.07, 6.45) is 2.77. The number of nitrogens with one attached hydrogen (secondary N) is 1. The highest BCUT2D eigenvalue weighted by Crippen LogP contribution is 2.38. The fourth-order valence-electron chi connectivity index (χ4n) is 2.94. The van der Waals surface area contributed by atoms with E-state index < -0.39 is 0 Å². The Labute approximate surface area is 151 Å². The number of aliphatic hydroxyl groups excluding tert-OH is 1. The van der Waals surface area contributed by atoms with E-state index >= 15 is 0 Å². The average molecular weight is 361 g/mol. The zero-order valence-corrected chi connectivity index (χ0v) is 15.4. The van der Waals surface area contributed by atoms with Gasteiger partial charge in [0.25, 0.3) is 5.91 Å². The topological polar surface area (TPSA) is 84.3 Å². The van der Waals surface area contributed by atoms with Gasteiger partial charge in [-0.2, -0.15) is 0 Å². The van der Waals surface area contributed by atoms with Gasteiger partial charge in [-0.25, -0.2) is 9.97 Å². The predicted molar refractivity (Wildman–Crippen MR) is 95.9 cm³/mol. The van der Waals surface area contributed by atoms with E-state index in [0.717, 1.165) is 10.6 Å². The molecule has 2 N–H and O–H groups in total. The molecule has 0 bridgehead atoms. The Kier molecular flexibility index (Phi) is 5.34. The number of hydrogen-bond acceptors (Lipinski definition) is 6. The van der Waals surface area contributed by atoms with E-state index in [-0.39, 0.29) is 24.0 Å². The Bertz CT molecular complexity index is 723. The van der Waals surface area contributed by atoms with Crippen molar-refractivity contribution in [3.05, 3.63) is 40.0 Å². The molecule has 1 aliphatic rings. The third-order valence-electron chi connectivity index (χ3n) is 4.48. The van der Waals surface area contributed by atoms with E-state index in [4.69, 9.17) is 4.74 Å². The molecule has 0 saturated heterocycles. The number of carbonyl (C=O) groups excluding carboxylic acids is 1. The average Bonchev–Trinajstić information content (AvgIpc) is 3.08. The molecular weight excluding hydrogens is 338 g/mol. The molecule has 1 amide bonds. The van der Waals surface area contributed by atoms with Crippen molar-refractivity contribution < 1.29 is 14.6 Å². The molecule has 0 aromatic carbocycles. The number of aliphatic hydroxyl groups is 1. The summed E-state index contributed by atoms with van der Waals surface area (Å²) in [4.78, 5) is 21.3. The lowest BCUT2D eigenvalue weighted by molar-refractivity contribution is 0.0234. The highest BCUT2D eigenvalue weighted by molar-refractivity contribution is 7.09. The molecule has 134 valence electrons. The summed E-state index contributed by atoms with van der Waals surface area (Å²) in [5.41, 5.74) is 1.35. The van der Waals surface area contributed by atoms with Crippen LogP contribution < -0.4 is 10.1 Å². The largest absolute Gasteiger partial charge is 0.481 e. The molecule has 1 atom stereocenters. The fourth-order valence-corrected chi connectivity index (χ4v) is 3.76. The van der Waals surface area contributed by atoms with Crippen molar-refractivity contribution in [2.75, 3.05) is 7.11 Å². The normalized spacial score (nSPS) is 20.8. The van der Waals surface area contributed by atoms with E-state index in [9.17, 15) is 9.90 Å². The fraction of sp³-hybridized carbons (Fsp3) is 0.500. The van der Waals surface area contributed by atoms with Crippen molar-refractivity contribution in [1.82, 2.24) is 15.3 Å². The number of aromatic nitrogens is 2. The van der Waals surface area contributed by atoms with Crippen molar-refractivity contribution in [2.45, 2.75) is 44.8 Å². The zero-order valence-electron chi connectivity index (χ0n) is 14.6. The number of nitrogens with zero attached hydrogens (tertiary/aromatic N) is 2. The first kappa shape index (κ1) is 17.8. The van der Waals surface area contributed by atoms with Crippen LogP contribution in [0.2, 0.25) is 0 Å². The minimum Gasteiger partial charge on any atom is -0.481 e. The zero-order chi connectivity index (χ0) is 18.0. The first-order chi connectivity index (χ1) is 12.0. The first-order valence-electron chi connectivity index (χ1n) is 8.42. The Morgan fingerprint density at radius 3 is 2.68 bits per heavy atom. The lowest BCUT2D eigenvalue weighted by Crippen LogP contribution is -2.41. The summed E-state index contributed by atoms with van der Waals surface area (Å²) in [6, 6.07) is 3.49. The Morgan fingerprint density at radius 2 is 2.16 bits per heavy atom. The molecule has 0 spiro atoms. The Hall–Kier alpha value is -1.99. The lowest BCUT2D eigenvalue weighted by atomic mass is 9.75. The second-order valence-electron chi connectivity index (χ2n) is 6.70. The van der Waals surface area contributed by atoms with Crippen LogP contribution in [0.3, 0.4) is 0 Å². The molecule has 2 aromatic heterocycles. The Balaban J connectivity index is 1.77. The van der Waals surface area contributed by atoms with Gasteiger partial charge in [0.2, 0.25) is 5.88 Å². The number of ether oxygens (including phenoxy) is 1. The number of amides is 1. The molecule has 2 aromatic rings. The van der Waals surface area contributed by atoms with E-state index in [0.29, 0.717) is 30.3 Å². The van der Waals surface area contributed by atoms with E-state index in [2.05, 4.69) is 29.1 Å². The van der Waals surface area contributed by atoms with Gasteiger partial charge in [0.15, 0.2) is 0 Å². The quantitative estimate of drug-likeness (QED) is 0.826. The molecule has 1 fully saturated rings. The van der Waals surface area contributed by atoms with Crippen molar-refractivity contribution in [3.63, 3.8) is 0 Å². The van der Waals surface area contributed by atoms with Crippen LogP contribution in [0.5, 0.6) is 5.88 Å². The predicted octanol–water partition coefficient (Wildman–Crippen LogP) is 2.91. The van der Waals surface area contributed by atoms with Gasteiger partial charge in [-0.1, -0.05) is 19.9 Å². The second-order valence-corrected chi connectivity index (χ2v) is 7.59. The summed E-state index contributed by atoms with van der Waals surface area (Å²) < 4.78 is 5.10. The monoisotopic (exact) mass is 361 g/mol. The molecule has 7 heteroatoms. The van der Waals surface area contributed by atoms with Crippen LogP contribution in [0.1, 0.15) is 59.7 Å². The van der Waals surface area contributed by atoms with Crippen LogP contribution in [0.15, 0.2) is 23.7 Å². The minimum atomic E-state index is -0.289. The van der Waals surface area contributed by atoms with Crippen LogP contribution in [-0.4, -0.2) is 34.2 Å². The minimum absolute atomic E-state index is 0.189. The lowest BCUT2D eigenvalue weighted by Gasteiger charge is -2.38. The maximum atomic E-state index is 12.6. The summed E-state index contributed by atoms with van der Waals surface area (Å²) >= 11 is 1.50. The van der Waals surface area contributed by atoms with Crippen LogP contribution in [0.25, 0.3) is 0 Å². The standard InChI is InChI=1S/C18H23N3O3S/c1-10(2)18-20-14(9-25-18)17(23)21-16(12-6-13(22)7-12)11-4-5-15(24-3)19-8-11/h4-5,8-10,12-13,16,22H,6-7H2,1-3H3,(H,21,23)/t12?,13?,16-/m1/s1. The molecule has 25 heavy (non-hydrogen) atoms. The summed E-state index contributed by atoms with van der Waals surface area (Å²) in [6.45, 7) is 4.12. The van der Waals surface area contributed by atoms with Crippen LogP contribution in [-0.2, 0) is 0 Å². The second kappa shape index (κ2) is 7.49. The highest BCUT2D eigenvalue weighted by atomic mass is 32.1. The number of methoxy groups -OCH3 is 1. The van der Waals surface area contributed by atoms with E-state index in [1.54, 1.807) is 24.8 Å². The Morgan fingerprint density at radius 1 is 1.40 bits per heavy atom. The number of carbonyl (C=O) groups is 1. The van der Waals surface area contributed by atoms with Crippen molar-refractivity contribution in [1.29, 1.82) is 0 Å². The van der Waals surface area contributed by atoms with E-state index in [1.807, 2.05) is 6.07 Å². The molecule has 3 rings (SSSR count). The van der Waals surface area contributed by atoms with Crippen molar-refractivity contribution in [2.24, 2.45) is 5.92 Å². The number of hydrogen-bond donors (Lipinski definition) is 2. The summed E-state index contributed by atoms with van der Waals surface area (Å²) in [5.74, 6) is 0.834. The van der Waals surface area contributed by atoms with Gasteiger partial charge in [-0.15, -0.1) is 11.3 Å².